The Kier molecular flexibility index (Phi) is 4.94. The number of pyridine rings is 1. The molecule has 1 aliphatic rings. The van der Waals surface area contributed by atoms with E-state index < -0.39 is 0 Å². The van der Waals surface area contributed by atoms with E-state index in [1.807, 2.05) is 35.2 Å². The Labute approximate surface area is 142 Å². The number of benzene rings is 1. The Morgan fingerprint density at radius 3 is 2.38 bits per heavy atom. The van der Waals surface area contributed by atoms with Gasteiger partial charge in [0.2, 0.25) is 0 Å². The lowest BCUT2D eigenvalue weighted by Gasteiger charge is -2.31. The standard InChI is InChI=1S/C20H22N2O2/c1-16-10-13-21(14-11-16)20(24)18(15-17-7-3-2-4-8-17)22-12-6-5-9-19(22)23/h2-9,12,15-16H,10-11,13-14H2,1H3/b18-15+. The van der Waals surface area contributed by atoms with Gasteiger partial charge in [-0.15, -0.1) is 0 Å². The number of nitrogens with zero attached hydrogens (tertiary/aromatic N) is 2. The zero-order valence-electron chi connectivity index (χ0n) is 13.9. The molecule has 0 spiro atoms. The molecule has 24 heavy (non-hydrogen) atoms. The molecular weight excluding hydrogens is 300 g/mol. The third-order valence-electron chi connectivity index (χ3n) is 4.47. The van der Waals surface area contributed by atoms with Crippen LogP contribution in [0.2, 0.25) is 0 Å². The van der Waals surface area contributed by atoms with Gasteiger partial charge in [0.05, 0.1) is 0 Å². The van der Waals surface area contributed by atoms with Crippen molar-refractivity contribution in [1.82, 2.24) is 9.47 Å². The Bertz CT molecular complexity index is 785. The highest BCUT2D eigenvalue weighted by atomic mass is 16.2. The molecule has 1 saturated heterocycles. The molecule has 1 fully saturated rings. The largest absolute Gasteiger partial charge is 0.337 e. The zero-order chi connectivity index (χ0) is 16.9. The van der Waals surface area contributed by atoms with Crippen LogP contribution in [0.15, 0.2) is 59.5 Å². The fourth-order valence-electron chi connectivity index (χ4n) is 2.94. The summed E-state index contributed by atoms with van der Waals surface area (Å²) in [5.74, 6) is 0.564. The SMILES string of the molecule is CC1CCN(C(=O)/C(=C\c2ccccc2)n2ccccc2=O)CC1. The van der Waals surface area contributed by atoms with Gasteiger partial charge in [0.25, 0.3) is 11.5 Å². The van der Waals surface area contributed by atoms with Crippen LogP contribution in [0.1, 0.15) is 25.3 Å². The average Bonchev–Trinajstić information content (AvgIpc) is 2.61. The Morgan fingerprint density at radius 1 is 1.04 bits per heavy atom. The van der Waals surface area contributed by atoms with E-state index in [-0.39, 0.29) is 11.5 Å². The van der Waals surface area contributed by atoms with Crippen LogP contribution >= 0.6 is 0 Å². The van der Waals surface area contributed by atoms with Gasteiger partial charge >= 0.3 is 0 Å². The van der Waals surface area contributed by atoms with E-state index in [1.165, 1.54) is 10.6 Å². The number of hydrogen-bond acceptors (Lipinski definition) is 2. The highest BCUT2D eigenvalue weighted by molar-refractivity contribution is 6.18. The molecule has 124 valence electrons. The van der Waals surface area contributed by atoms with Crippen molar-refractivity contribution < 1.29 is 4.79 Å². The van der Waals surface area contributed by atoms with Crippen LogP contribution in [-0.4, -0.2) is 28.5 Å². The second kappa shape index (κ2) is 7.30. The van der Waals surface area contributed by atoms with Crippen LogP contribution in [-0.2, 0) is 4.79 Å². The van der Waals surface area contributed by atoms with Crippen LogP contribution in [0.5, 0.6) is 0 Å². The third kappa shape index (κ3) is 3.65. The minimum Gasteiger partial charge on any atom is -0.337 e. The first kappa shape index (κ1) is 16.2. The van der Waals surface area contributed by atoms with Crippen LogP contribution in [0, 0.1) is 5.92 Å². The molecule has 1 amide bonds. The zero-order valence-corrected chi connectivity index (χ0v) is 13.9. The summed E-state index contributed by atoms with van der Waals surface area (Å²) in [6.07, 6.45) is 5.46. The lowest BCUT2D eigenvalue weighted by Crippen LogP contribution is -2.40. The second-order valence-electron chi connectivity index (χ2n) is 6.32. The predicted octanol–water partition coefficient (Wildman–Crippen LogP) is 3.10. The molecule has 0 aliphatic carbocycles. The van der Waals surface area contributed by atoms with Gasteiger partial charge in [0.15, 0.2) is 0 Å². The molecule has 1 aliphatic heterocycles. The maximum Gasteiger partial charge on any atom is 0.270 e. The van der Waals surface area contributed by atoms with Gasteiger partial charge in [-0.1, -0.05) is 43.3 Å². The normalized spacial score (nSPS) is 16.2. The number of aromatic nitrogens is 1. The summed E-state index contributed by atoms with van der Waals surface area (Å²) in [6, 6.07) is 14.6. The van der Waals surface area contributed by atoms with Crippen molar-refractivity contribution in [3.63, 3.8) is 0 Å². The molecule has 2 heterocycles. The summed E-state index contributed by atoms with van der Waals surface area (Å²) >= 11 is 0. The first-order valence-electron chi connectivity index (χ1n) is 8.39. The highest BCUT2D eigenvalue weighted by Crippen LogP contribution is 2.20. The lowest BCUT2D eigenvalue weighted by molar-refractivity contribution is -0.126. The van der Waals surface area contributed by atoms with Crippen molar-refractivity contribution in [2.75, 3.05) is 13.1 Å². The number of piperidine rings is 1. The van der Waals surface area contributed by atoms with E-state index in [0.29, 0.717) is 11.6 Å². The smallest absolute Gasteiger partial charge is 0.270 e. The van der Waals surface area contributed by atoms with Crippen molar-refractivity contribution in [3.05, 3.63) is 70.6 Å². The molecule has 1 aromatic carbocycles. The number of amides is 1. The second-order valence-corrected chi connectivity index (χ2v) is 6.32. The summed E-state index contributed by atoms with van der Waals surface area (Å²) in [7, 11) is 0. The summed E-state index contributed by atoms with van der Waals surface area (Å²) in [5, 5.41) is 0. The van der Waals surface area contributed by atoms with Gasteiger partial charge in [-0.3, -0.25) is 14.2 Å². The van der Waals surface area contributed by atoms with Gasteiger partial charge in [-0.2, -0.15) is 0 Å². The number of hydrogen-bond donors (Lipinski definition) is 0. The lowest BCUT2D eigenvalue weighted by atomic mass is 9.99. The van der Waals surface area contributed by atoms with Gasteiger partial charge < -0.3 is 4.90 Å². The maximum absolute atomic E-state index is 13.1. The predicted molar refractivity (Wildman–Crippen MR) is 96.3 cm³/mol. The Morgan fingerprint density at radius 2 is 1.71 bits per heavy atom. The fraction of sp³-hybridized carbons (Fsp3) is 0.300. The molecule has 3 rings (SSSR count). The minimum absolute atomic E-state index is 0.0842. The molecular formula is C20H22N2O2. The number of carbonyl (C=O) groups excluding carboxylic acids is 1. The Balaban J connectivity index is 1.99. The van der Waals surface area contributed by atoms with E-state index in [2.05, 4.69) is 6.92 Å². The van der Waals surface area contributed by atoms with Gasteiger partial charge in [-0.25, -0.2) is 0 Å². The number of likely N-dealkylation sites (tertiary alicyclic amines) is 1. The van der Waals surface area contributed by atoms with Crippen LogP contribution in [0.4, 0.5) is 0 Å². The van der Waals surface area contributed by atoms with Crippen LogP contribution in [0.3, 0.4) is 0 Å². The van der Waals surface area contributed by atoms with Crippen molar-refractivity contribution >= 4 is 17.7 Å². The highest BCUT2D eigenvalue weighted by Gasteiger charge is 2.24. The molecule has 2 aromatic rings. The topological polar surface area (TPSA) is 42.3 Å². The molecule has 0 N–H and O–H groups in total. The molecule has 0 radical (unpaired) electrons. The Hall–Kier alpha value is -2.62. The fourth-order valence-corrected chi connectivity index (χ4v) is 2.94. The van der Waals surface area contributed by atoms with Crippen LogP contribution < -0.4 is 5.56 Å². The summed E-state index contributed by atoms with van der Waals surface area (Å²) in [4.78, 5) is 27.2. The van der Waals surface area contributed by atoms with E-state index in [0.717, 1.165) is 31.5 Å². The first-order valence-corrected chi connectivity index (χ1v) is 8.39. The van der Waals surface area contributed by atoms with Crippen molar-refractivity contribution in [1.29, 1.82) is 0 Å². The van der Waals surface area contributed by atoms with Crippen molar-refractivity contribution in [2.45, 2.75) is 19.8 Å². The van der Waals surface area contributed by atoms with Crippen molar-refractivity contribution in [2.24, 2.45) is 5.92 Å². The summed E-state index contributed by atoms with van der Waals surface area (Å²) in [5.41, 5.74) is 1.11. The van der Waals surface area contributed by atoms with Gasteiger partial charge in [-0.05, 0) is 36.5 Å². The number of rotatable bonds is 3. The first-order chi connectivity index (χ1) is 11.6. The summed E-state index contributed by atoms with van der Waals surface area (Å²) < 4.78 is 1.44. The number of carbonyl (C=O) groups is 1. The maximum atomic E-state index is 13.1. The van der Waals surface area contributed by atoms with E-state index in [9.17, 15) is 9.59 Å². The minimum atomic E-state index is -0.196. The third-order valence-corrected chi connectivity index (χ3v) is 4.47. The molecule has 4 nitrogen and oxygen atoms in total. The molecule has 0 unspecified atom stereocenters. The van der Waals surface area contributed by atoms with Gasteiger partial charge in [0, 0.05) is 25.4 Å². The monoisotopic (exact) mass is 322 g/mol. The molecule has 0 atom stereocenters. The van der Waals surface area contributed by atoms with Crippen LogP contribution in [0.25, 0.3) is 11.8 Å². The molecule has 0 saturated carbocycles. The van der Waals surface area contributed by atoms with E-state index >= 15 is 0 Å². The van der Waals surface area contributed by atoms with E-state index in [1.54, 1.807) is 24.4 Å². The quantitative estimate of drug-likeness (QED) is 0.815. The van der Waals surface area contributed by atoms with Crippen molar-refractivity contribution in [3.8, 4) is 0 Å². The average molecular weight is 322 g/mol. The van der Waals surface area contributed by atoms with E-state index in [4.69, 9.17) is 0 Å². The molecule has 4 heteroatoms. The van der Waals surface area contributed by atoms with Gasteiger partial charge in [0.1, 0.15) is 5.70 Å². The summed E-state index contributed by atoms with van der Waals surface area (Å²) in [6.45, 7) is 3.70. The molecule has 1 aromatic heterocycles. The molecule has 0 bridgehead atoms.